The van der Waals surface area contributed by atoms with Gasteiger partial charge in [0.05, 0.1) is 29.0 Å². The third-order valence-electron chi connectivity index (χ3n) is 4.09. The number of esters is 1. The van der Waals surface area contributed by atoms with Crippen LogP contribution < -0.4 is 5.32 Å². The number of carbonyl (C=O) groups excluding carboxylic acids is 2. The first kappa shape index (κ1) is 19.9. The van der Waals surface area contributed by atoms with Gasteiger partial charge in [0.25, 0.3) is 0 Å². The van der Waals surface area contributed by atoms with Crippen LogP contribution in [0, 0.1) is 0 Å². The van der Waals surface area contributed by atoms with E-state index in [1.165, 1.54) is 11.8 Å². The van der Waals surface area contributed by atoms with E-state index >= 15 is 0 Å². The number of aromatic nitrogens is 2. The van der Waals surface area contributed by atoms with E-state index in [0.29, 0.717) is 23.0 Å². The molecule has 28 heavy (non-hydrogen) atoms. The highest BCUT2D eigenvalue weighted by atomic mass is 32.2. The highest BCUT2D eigenvalue weighted by Gasteiger charge is 2.09. The number of ether oxygens (including phenoxy) is 1. The molecule has 6 nitrogen and oxygen atoms in total. The van der Waals surface area contributed by atoms with Gasteiger partial charge in [0.1, 0.15) is 0 Å². The molecule has 0 spiro atoms. The van der Waals surface area contributed by atoms with Crippen molar-refractivity contribution in [3.8, 4) is 0 Å². The Morgan fingerprint density at radius 2 is 1.89 bits per heavy atom. The van der Waals surface area contributed by atoms with Crippen molar-refractivity contribution in [1.82, 2.24) is 9.97 Å². The van der Waals surface area contributed by atoms with Crippen LogP contribution in [0.15, 0.2) is 53.7 Å². The smallest absolute Gasteiger partial charge is 0.338 e. The minimum Gasteiger partial charge on any atom is -0.462 e. The molecule has 0 bridgehead atoms. The molecule has 7 heteroatoms. The second kappa shape index (κ2) is 9.94. The molecule has 2 N–H and O–H groups in total. The highest BCUT2D eigenvalue weighted by molar-refractivity contribution is 7.99. The number of H-pyrrole nitrogens is 1. The molecule has 2 aromatic carbocycles. The van der Waals surface area contributed by atoms with Crippen LogP contribution in [0.4, 0.5) is 5.69 Å². The van der Waals surface area contributed by atoms with Gasteiger partial charge in [-0.25, -0.2) is 9.78 Å². The first-order valence-electron chi connectivity index (χ1n) is 9.30. The van der Waals surface area contributed by atoms with Gasteiger partial charge in [0.15, 0.2) is 5.16 Å². The molecular formula is C21H23N3O3S. The molecule has 1 aromatic heterocycles. The summed E-state index contributed by atoms with van der Waals surface area (Å²) in [4.78, 5) is 31.7. The average molecular weight is 398 g/mol. The lowest BCUT2D eigenvalue weighted by molar-refractivity contribution is -0.113. The molecule has 3 rings (SSSR count). The van der Waals surface area contributed by atoms with E-state index in [1.807, 2.05) is 24.3 Å². The van der Waals surface area contributed by atoms with Crippen LogP contribution in [0.3, 0.4) is 0 Å². The molecule has 1 heterocycles. The summed E-state index contributed by atoms with van der Waals surface area (Å²) < 4.78 is 5.22. The van der Waals surface area contributed by atoms with Crippen molar-refractivity contribution in [2.45, 2.75) is 31.3 Å². The van der Waals surface area contributed by atoms with Crippen LogP contribution in [0.25, 0.3) is 11.0 Å². The molecule has 0 aliphatic carbocycles. The van der Waals surface area contributed by atoms with Crippen LogP contribution in [0.1, 0.15) is 36.5 Å². The fourth-order valence-corrected chi connectivity index (χ4v) is 3.30. The van der Waals surface area contributed by atoms with Gasteiger partial charge in [-0.3, -0.25) is 4.79 Å². The fraction of sp³-hybridized carbons (Fsp3) is 0.286. The van der Waals surface area contributed by atoms with E-state index < -0.39 is 0 Å². The number of thioether (sulfide) groups is 1. The third kappa shape index (κ3) is 5.60. The largest absolute Gasteiger partial charge is 0.462 e. The van der Waals surface area contributed by atoms with Gasteiger partial charge in [-0.2, -0.15) is 0 Å². The average Bonchev–Trinajstić information content (AvgIpc) is 3.13. The Hall–Kier alpha value is -2.80. The van der Waals surface area contributed by atoms with Gasteiger partial charge in [-0.05, 0) is 42.8 Å². The van der Waals surface area contributed by atoms with Crippen molar-refractivity contribution < 1.29 is 14.3 Å². The lowest BCUT2D eigenvalue weighted by Gasteiger charge is -2.07. The van der Waals surface area contributed by atoms with Crippen molar-refractivity contribution >= 4 is 40.4 Å². The molecular weight excluding hydrogens is 374 g/mol. The summed E-state index contributed by atoms with van der Waals surface area (Å²) in [6.45, 7) is 2.54. The summed E-state index contributed by atoms with van der Waals surface area (Å²) in [7, 11) is 0. The standard InChI is InChI=1S/C21H23N3O3S/c1-2-3-6-13-27-20(26)15-9-11-16(12-10-15)22-19(25)14-28-21-23-17-7-4-5-8-18(17)24-21/h4-5,7-12H,2-3,6,13-14H2,1H3,(H,22,25)(H,23,24). The number of nitrogens with one attached hydrogen (secondary N) is 2. The summed E-state index contributed by atoms with van der Waals surface area (Å²) in [6.07, 6.45) is 3.00. The lowest BCUT2D eigenvalue weighted by atomic mass is 10.2. The minimum atomic E-state index is -0.338. The Balaban J connectivity index is 1.46. The summed E-state index contributed by atoms with van der Waals surface area (Å²) in [5.41, 5.74) is 2.94. The van der Waals surface area contributed by atoms with Gasteiger partial charge in [0, 0.05) is 5.69 Å². The van der Waals surface area contributed by atoms with Crippen LogP contribution in [0.5, 0.6) is 0 Å². The molecule has 0 radical (unpaired) electrons. The van der Waals surface area contributed by atoms with Gasteiger partial charge < -0.3 is 15.0 Å². The zero-order valence-electron chi connectivity index (χ0n) is 15.7. The molecule has 0 atom stereocenters. The van der Waals surface area contributed by atoms with E-state index in [-0.39, 0.29) is 17.6 Å². The zero-order valence-corrected chi connectivity index (χ0v) is 16.6. The van der Waals surface area contributed by atoms with Crippen LogP contribution in [0.2, 0.25) is 0 Å². The Labute approximate surface area is 168 Å². The molecule has 0 aliphatic heterocycles. The van der Waals surface area contributed by atoms with Crippen molar-refractivity contribution in [2.24, 2.45) is 0 Å². The molecule has 0 unspecified atom stereocenters. The fourth-order valence-electron chi connectivity index (χ4n) is 2.62. The number of anilines is 1. The van der Waals surface area contributed by atoms with Crippen molar-refractivity contribution in [2.75, 3.05) is 17.7 Å². The second-order valence-corrected chi connectivity index (χ2v) is 7.28. The zero-order chi connectivity index (χ0) is 19.8. The number of hydrogen-bond donors (Lipinski definition) is 2. The Morgan fingerprint density at radius 1 is 1.11 bits per heavy atom. The van der Waals surface area contributed by atoms with E-state index in [9.17, 15) is 9.59 Å². The number of nitrogens with zero attached hydrogens (tertiary/aromatic N) is 1. The van der Waals surface area contributed by atoms with E-state index in [0.717, 1.165) is 30.3 Å². The number of amides is 1. The first-order chi connectivity index (χ1) is 13.7. The SMILES string of the molecule is CCCCCOC(=O)c1ccc(NC(=O)CSc2nc3ccccc3[nH]2)cc1. The molecule has 0 saturated heterocycles. The highest BCUT2D eigenvalue weighted by Crippen LogP contribution is 2.19. The molecule has 146 valence electrons. The molecule has 0 fully saturated rings. The second-order valence-electron chi connectivity index (χ2n) is 6.32. The Bertz CT molecular complexity index is 904. The number of para-hydroxylation sites is 2. The quantitative estimate of drug-likeness (QED) is 0.312. The van der Waals surface area contributed by atoms with Crippen molar-refractivity contribution in [3.05, 3.63) is 54.1 Å². The monoisotopic (exact) mass is 397 g/mol. The number of imidazole rings is 1. The van der Waals surface area contributed by atoms with E-state index in [1.54, 1.807) is 24.3 Å². The van der Waals surface area contributed by atoms with Crippen LogP contribution in [-0.4, -0.2) is 34.2 Å². The number of aromatic amines is 1. The number of hydrogen-bond acceptors (Lipinski definition) is 5. The Kier molecular flexibility index (Phi) is 7.08. The predicted octanol–water partition coefficient (Wildman–Crippen LogP) is 4.64. The van der Waals surface area contributed by atoms with Gasteiger partial charge in [0.2, 0.25) is 5.91 Å². The van der Waals surface area contributed by atoms with Crippen LogP contribution >= 0.6 is 11.8 Å². The number of fused-ring (bicyclic) bond motifs is 1. The maximum atomic E-state index is 12.2. The summed E-state index contributed by atoms with van der Waals surface area (Å²) in [6, 6.07) is 14.4. The maximum absolute atomic E-state index is 12.2. The van der Waals surface area contributed by atoms with Crippen molar-refractivity contribution in [3.63, 3.8) is 0 Å². The predicted molar refractivity (Wildman–Crippen MR) is 112 cm³/mol. The van der Waals surface area contributed by atoms with Gasteiger partial charge in [-0.15, -0.1) is 0 Å². The Morgan fingerprint density at radius 3 is 2.64 bits per heavy atom. The number of rotatable bonds is 9. The molecule has 0 saturated carbocycles. The maximum Gasteiger partial charge on any atom is 0.338 e. The normalized spacial score (nSPS) is 10.8. The summed E-state index contributed by atoms with van der Waals surface area (Å²) in [5, 5.41) is 3.52. The molecule has 0 aliphatic rings. The van der Waals surface area contributed by atoms with E-state index in [4.69, 9.17) is 4.74 Å². The summed E-state index contributed by atoms with van der Waals surface area (Å²) >= 11 is 1.34. The lowest BCUT2D eigenvalue weighted by Crippen LogP contribution is -2.14. The molecule has 1 amide bonds. The third-order valence-corrected chi connectivity index (χ3v) is 4.97. The topological polar surface area (TPSA) is 84.1 Å². The summed E-state index contributed by atoms with van der Waals surface area (Å²) in [5.74, 6) is -0.240. The van der Waals surface area contributed by atoms with Gasteiger partial charge in [-0.1, -0.05) is 43.7 Å². The van der Waals surface area contributed by atoms with Gasteiger partial charge >= 0.3 is 5.97 Å². The molecule has 3 aromatic rings. The number of unbranched alkanes of at least 4 members (excludes halogenated alkanes) is 2. The minimum absolute atomic E-state index is 0.139. The van der Waals surface area contributed by atoms with Crippen molar-refractivity contribution in [1.29, 1.82) is 0 Å². The number of benzene rings is 2. The van der Waals surface area contributed by atoms with Crippen LogP contribution in [-0.2, 0) is 9.53 Å². The first-order valence-corrected chi connectivity index (χ1v) is 10.3. The van der Waals surface area contributed by atoms with E-state index in [2.05, 4.69) is 22.2 Å². The number of carbonyl (C=O) groups is 2.